The van der Waals surface area contributed by atoms with E-state index < -0.39 is 0 Å². The first-order valence-corrected chi connectivity index (χ1v) is 10.7. The molecule has 8 heteroatoms. The lowest BCUT2D eigenvalue weighted by Crippen LogP contribution is -2.38. The number of aromatic nitrogens is 4. The molecular formula is C23H19Cl2N5O. The molecule has 0 fully saturated rings. The molecule has 0 bridgehead atoms. The number of halogens is 2. The fourth-order valence-corrected chi connectivity index (χ4v) is 4.86. The maximum Gasteiger partial charge on any atom is 0.254 e. The predicted octanol–water partition coefficient (Wildman–Crippen LogP) is 5.10. The van der Waals surface area contributed by atoms with Crippen LogP contribution in [0, 0.1) is 0 Å². The number of carbonyl (C=O) groups is 1. The van der Waals surface area contributed by atoms with Gasteiger partial charge in [-0.25, -0.2) is 0 Å². The van der Waals surface area contributed by atoms with Gasteiger partial charge in [-0.3, -0.25) is 19.4 Å². The van der Waals surface area contributed by atoms with Gasteiger partial charge >= 0.3 is 0 Å². The van der Waals surface area contributed by atoms with Gasteiger partial charge in [0.05, 0.1) is 28.5 Å². The van der Waals surface area contributed by atoms with Gasteiger partial charge in [0, 0.05) is 52.7 Å². The molecular weight excluding hydrogens is 433 g/mol. The van der Waals surface area contributed by atoms with Crippen molar-refractivity contribution in [2.45, 2.75) is 19.4 Å². The lowest BCUT2D eigenvalue weighted by atomic mass is 9.95. The Labute approximate surface area is 189 Å². The van der Waals surface area contributed by atoms with Crippen molar-refractivity contribution in [2.75, 3.05) is 6.54 Å². The molecule has 6 nitrogen and oxygen atoms in total. The van der Waals surface area contributed by atoms with E-state index in [1.54, 1.807) is 30.6 Å². The molecule has 0 saturated heterocycles. The summed E-state index contributed by atoms with van der Waals surface area (Å²) in [6, 6.07) is 10.8. The number of nitrogens with zero attached hydrogens (tertiary/aromatic N) is 5. The first-order valence-electron chi connectivity index (χ1n) is 9.96. The normalized spacial score (nSPS) is 15.9. The minimum Gasteiger partial charge on any atom is -0.330 e. The van der Waals surface area contributed by atoms with Gasteiger partial charge in [-0.05, 0) is 49.7 Å². The van der Waals surface area contributed by atoms with Crippen LogP contribution >= 0.6 is 23.2 Å². The van der Waals surface area contributed by atoms with Crippen LogP contribution in [0.25, 0.3) is 22.3 Å². The predicted molar refractivity (Wildman–Crippen MR) is 121 cm³/mol. The third kappa shape index (κ3) is 3.46. The maximum atomic E-state index is 13.3. The molecule has 1 atom stereocenters. The smallest absolute Gasteiger partial charge is 0.254 e. The van der Waals surface area contributed by atoms with Crippen molar-refractivity contribution in [3.8, 4) is 11.3 Å². The highest BCUT2D eigenvalue weighted by molar-refractivity contribution is 6.35. The van der Waals surface area contributed by atoms with E-state index >= 15 is 0 Å². The molecule has 0 spiro atoms. The van der Waals surface area contributed by atoms with Crippen molar-refractivity contribution >= 4 is 40.1 Å². The SMILES string of the molecule is CC1c2nn(C)c(-c3cc(Cl)cc(Cl)c3)c2CCN1C(=O)c1ccc2nccnc2c1. The Bertz CT molecular complexity index is 1310. The van der Waals surface area contributed by atoms with E-state index in [2.05, 4.69) is 9.97 Å². The number of carbonyl (C=O) groups excluding carboxylic acids is 1. The highest BCUT2D eigenvalue weighted by Crippen LogP contribution is 2.37. The standard InChI is InChI=1S/C23H19Cl2N5O/c1-13-21-18(22(29(2)28-21)15-9-16(24)12-17(25)10-15)5-8-30(13)23(31)14-3-4-19-20(11-14)27-7-6-26-19/h3-4,6-7,9-13H,5,8H2,1-2H3. The molecule has 0 N–H and O–H groups in total. The summed E-state index contributed by atoms with van der Waals surface area (Å²) < 4.78 is 1.85. The molecule has 1 aliphatic heterocycles. The van der Waals surface area contributed by atoms with Crippen LogP contribution in [0.4, 0.5) is 0 Å². The van der Waals surface area contributed by atoms with Crippen molar-refractivity contribution in [3.63, 3.8) is 0 Å². The second-order valence-corrected chi connectivity index (χ2v) is 8.55. The van der Waals surface area contributed by atoms with Gasteiger partial charge in [-0.15, -0.1) is 0 Å². The monoisotopic (exact) mass is 451 g/mol. The van der Waals surface area contributed by atoms with Crippen LogP contribution in [0.1, 0.15) is 34.6 Å². The average molecular weight is 452 g/mol. The largest absolute Gasteiger partial charge is 0.330 e. The zero-order chi connectivity index (χ0) is 21.7. The van der Waals surface area contributed by atoms with Gasteiger partial charge in [0.2, 0.25) is 0 Å². The van der Waals surface area contributed by atoms with Gasteiger partial charge in [0.25, 0.3) is 5.91 Å². The van der Waals surface area contributed by atoms with Gasteiger partial charge in [0.1, 0.15) is 0 Å². The van der Waals surface area contributed by atoms with E-state index in [1.807, 2.05) is 41.8 Å². The molecule has 31 heavy (non-hydrogen) atoms. The fourth-order valence-electron chi connectivity index (χ4n) is 4.34. The minimum atomic E-state index is -0.164. The van der Waals surface area contributed by atoms with Crippen molar-refractivity contribution in [2.24, 2.45) is 7.05 Å². The number of rotatable bonds is 2. The summed E-state index contributed by atoms with van der Waals surface area (Å²) in [5, 5.41) is 5.92. The lowest BCUT2D eigenvalue weighted by Gasteiger charge is -2.33. The Morgan fingerprint density at radius 3 is 2.48 bits per heavy atom. The van der Waals surface area contributed by atoms with Gasteiger partial charge in [0.15, 0.2) is 0 Å². The van der Waals surface area contributed by atoms with Gasteiger partial charge in [-0.1, -0.05) is 23.2 Å². The Morgan fingerprint density at radius 2 is 1.74 bits per heavy atom. The molecule has 0 saturated carbocycles. The Balaban J connectivity index is 1.50. The molecule has 2 aromatic heterocycles. The number of hydrogen-bond acceptors (Lipinski definition) is 4. The summed E-state index contributed by atoms with van der Waals surface area (Å²) >= 11 is 12.5. The van der Waals surface area contributed by atoms with Crippen LogP contribution in [0.15, 0.2) is 48.8 Å². The summed E-state index contributed by atoms with van der Waals surface area (Å²) in [7, 11) is 1.91. The highest BCUT2D eigenvalue weighted by atomic mass is 35.5. The summed E-state index contributed by atoms with van der Waals surface area (Å²) in [5.41, 5.74) is 6.00. The number of fused-ring (bicyclic) bond motifs is 2. The number of hydrogen-bond donors (Lipinski definition) is 0. The zero-order valence-corrected chi connectivity index (χ0v) is 18.5. The second kappa shape index (κ2) is 7.62. The van der Waals surface area contributed by atoms with E-state index in [-0.39, 0.29) is 11.9 Å². The van der Waals surface area contributed by atoms with Gasteiger partial charge < -0.3 is 4.90 Å². The lowest BCUT2D eigenvalue weighted by molar-refractivity contribution is 0.0674. The summed E-state index contributed by atoms with van der Waals surface area (Å²) in [5.74, 6) is -0.0382. The third-order valence-electron chi connectivity index (χ3n) is 5.76. The third-order valence-corrected chi connectivity index (χ3v) is 6.19. The highest BCUT2D eigenvalue weighted by Gasteiger charge is 2.33. The quantitative estimate of drug-likeness (QED) is 0.425. The molecule has 2 aromatic carbocycles. The second-order valence-electron chi connectivity index (χ2n) is 7.68. The number of amides is 1. The average Bonchev–Trinajstić information content (AvgIpc) is 3.09. The molecule has 4 aromatic rings. The molecule has 1 aliphatic rings. The van der Waals surface area contributed by atoms with E-state index in [1.165, 1.54) is 0 Å². The Morgan fingerprint density at radius 1 is 1.03 bits per heavy atom. The number of aryl methyl sites for hydroxylation is 1. The zero-order valence-electron chi connectivity index (χ0n) is 17.0. The molecule has 156 valence electrons. The van der Waals surface area contributed by atoms with Crippen LogP contribution in [-0.2, 0) is 13.5 Å². The van der Waals surface area contributed by atoms with Crippen LogP contribution in [-0.4, -0.2) is 37.1 Å². The van der Waals surface area contributed by atoms with Crippen LogP contribution in [0.5, 0.6) is 0 Å². The van der Waals surface area contributed by atoms with E-state index in [0.29, 0.717) is 34.1 Å². The molecule has 3 heterocycles. The maximum absolute atomic E-state index is 13.3. The molecule has 5 rings (SSSR count). The van der Waals surface area contributed by atoms with Crippen LogP contribution in [0.3, 0.4) is 0 Å². The summed E-state index contributed by atoms with van der Waals surface area (Å²) in [6.45, 7) is 2.61. The summed E-state index contributed by atoms with van der Waals surface area (Å²) in [4.78, 5) is 23.8. The van der Waals surface area contributed by atoms with Crippen LogP contribution in [0.2, 0.25) is 10.0 Å². The molecule has 1 unspecified atom stereocenters. The van der Waals surface area contributed by atoms with E-state index in [4.69, 9.17) is 28.3 Å². The fraction of sp³-hybridized carbons (Fsp3) is 0.217. The molecule has 0 aliphatic carbocycles. The number of benzene rings is 2. The van der Waals surface area contributed by atoms with E-state index in [9.17, 15) is 4.79 Å². The molecule has 1 amide bonds. The first kappa shape index (κ1) is 20.0. The van der Waals surface area contributed by atoms with Crippen molar-refractivity contribution in [1.29, 1.82) is 0 Å². The topological polar surface area (TPSA) is 63.9 Å². The summed E-state index contributed by atoms with van der Waals surface area (Å²) in [6.07, 6.45) is 3.97. The van der Waals surface area contributed by atoms with Crippen molar-refractivity contribution in [3.05, 3.63) is 75.7 Å². The van der Waals surface area contributed by atoms with Gasteiger partial charge in [-0.2, -0.15) is 5.10 Å². The Kier molecular flexibility index (Phi) is 4.91. The van der Waals surface area contributed by atoms with Crippen molar-refractivity contribution in [1.82, 2.24) is 24.6 Å². The first-order chi connectivity index (χ1) is 14.9. The van der Waals surface area contributed by atoms with Crippen molar-refractivity contribution < 1.29 is 4.79 Å². The van der Waals surface area contributed by atoms with E-state index in [0.717, 1.165) is 28.0 Å². The van der Waals surface area contributed by atoms with Crippen LogP contribution < -0.4 is 0 Å². The Hall–Kier alpha value is -2.96. The molecule has 0 radical (unpaired) electrons. The minimum absolute atomic E-state index is 0.0382.